The van der Waals surface area contributed by atoms with Crippen molar-refractivity contribution in [3.05, 3.63) is 11.3 Å². The number of ketones is 1. The molecule has 13 atom stereocenters. The van der Waals surface area contributed by atoms with Crippen molar-refractivity contribution in [1.82, 2.24) is 0 Å². The standard InChI is InChI=1S/C27H44O13/c1-11-13-7-12(26(2,3)40-25-22(36)20(34)18(32)16(10-29)38-25)5-6-27(13,4)8-14(30)23(11)39-24-21(35)19(33)17(31)15(9-28)37-24/h12-13,15-22,24-25,28-29,31-36H,5-10H2,1-4H3/t12-,13+,15-,16-,17-,18-,19+,20+,21-,22-,24+,25+,27+/m1/s1. The smallest absolute Gasteiger partial charge is 0.229 e. The summed E-state index contributed by atoms with van der Waals surface area (Å²) in [5, 5.41) is 80.4. The van der Waals surface area contributed by atoms with Gasteiger partial charge in [-0.3, -0.25) is 4.79 Å². The minimum absolute atomic E-state index is 0.0140. The summed E-state index contributed by atoms with van der Waals surface area (Å²) in [5.41, 5.74) is -0.613. The topological polar surface area (TPSA) is 216 Å². The van der Waals surface area contributed by atoms with E-state index >= 15 is 0 Å². The molecule has 0 bridgehead atoms. The van der Waals surface area contributed by atoms with Crippen LogP contribution in [0.1, 0.15) is 53.4 Å². The second kappa shape index (κ2) is 11.8. The fourth-order valence-corrected chi connectivity index (χ4v) is 6.73. The highest BCUT2D eigenvalue weighted by Crippen LogP contribution is 2.55. The van der Waals surface area contributed by atoms with Gasteiger partial charge in [-0.1, -0.05) is 6.92 Å². The predicted octanol–water partition coefficient (Wildman–Crippen LogP) is -1.93. The van der Waals surface area contributed by atoms with E-state index in [9.17, 15) is 45.6 Å². The summed E-state index contributed by atoms with van der Waals surface area (Å²) >= 11 is 0. The van der Waals surface area contributed by atoms with Crippen LogP contribution in [-0.2, 0) is 23.7 Å². The van der Waals surface area contributed by atoms with Gasteiger partial charge >= 0.3 is 0 Å². The maximum Gasteiger partial charge on any atom is 0.229 e. The van der Waals surface area contributed by atoms with Gasteiger partial charge < -0.3 is 59.8 Å². The van der Waals surface area contributed by atoms with E-state index < -0.39 is 80.2 Å². The first-order valence-corrected chi connectivity index (χ1v) is 13.8. The van der Waals surface area contributed by atoms with Crippen LogP contribution in [0.4, 0.5) is 0 Å². The van der Waals surface area contributed by atoms with Crippen molar-refractivity contribution in [2.24, 2.45) is 17.3 Å². The molecule has 13 nitrogen and oxygen atoms in total. The molecule has 0 aromatic rings. The highest BCUT2D eigenvalue weighted by molar-refractivity contribution is 5.95. The van der Waals surface area contributed by atoms with Crippen LogP contribution in [0.15, 0.2) is 11.3 Å². The zero-order valence-corrected chi connectivity index (χ0v) is 23.3. The molecule has 3 fully saturated rings. The molecule has 2 saturated heterocycles. The summed E-state index contributed by atoms with van der Waals surface area (Å²) < 4.78 is 23.0. The normalized spacial score (nSPS) is 46.8. The third-order valence-corrected chi connectivity index (χ3v) is 9.46. The molecule has 13 heteroatoms. The minimum atomic E-state index is -1.65. The number of carbonyl (C=O) groups excluding carboxylic acids is 1. The number of hydrogen-bond donors (Lipinski definition) is 8. The first-order chi connectivity index (χ1) is 18.6. The number of aliphatic hydroxyl groups excluding tert-OH is 8. The van der Waals surface area contributed by atoms with Crippen molar-refractivity contribution in [3.63, 3.8) is 0 Å². The van der Waals surface area contributed by atoms with Crippen LogP contribution in [0, 0.1) is 17.3 Å². The van der Waals surface area contributed by atoms with Crippen molar-refractivity contribution < 1.29 is 64.6 Å². The molecule has 2 heterocycles. The van der Waals surface area contributed by atoms with Crippen molar-refractivity contribution in [3.8, 4) is 0 Å². The van der Waals surface area contributed by atoms with Gasteiger partial charge in [0.15, 0.2) is 17.8 Å². The van der Waals surface area contributed by atoms with E-state index in [-0.39, 0.29) is 35.2 Å². The molecule has 0 radical (unpaired) electrons. The minimum Gasteiger partial charge on any atom is -0.458 e. The molecule has 4 rings (SSSR count). The number of Topliss-reactive ketones (excluding diaryl/α,β-unsaturated/α-hetero) is 1. The summed E-state index contributed by atoms with van der Waals surface area (Å²) in [6.45, 7) is 6.28. The Kier molecular flexibility index (Phi) is 9.36. The van der Waals surface area contributed by atoms with Gasteiger partial charge in [0, 0.05) is 6.42 Å². The molecule has 0 amide bonds. The second-order valence-corrected chi connectivity index (χ2v) is 12.5. The van der Waals surface area contributed by atoms with Crippen LogP contribution in [0.25, 0.3) is 0 Å². The Bertz CT molecular complexity index is 951. The van der Waals surface area contributed by atoms with Gasteiger partial charge in [-0.2, -0.15) is 0 Å². The quantitative estimate of drug-likeness (QED) is 0.166. The average Bonchev–Trinajstić information content (AvgIpc) is 2.90. The van der Waals surface area contributed by atoms with Gasteiger partial charge in [-0.15, -0.1) is 0 Å². The van der Waals surface area contributed by atoms with Crippen molar-refractivity contribution in [2.45, 2.75) is 120 Å². The number of rotatable bonds is 7. The Morgan fingerprint density at radius 2 is 1.40 bits per heavy atom. The third-order valence-electron chi connectivity index (χ3n) is 9.46. The zero-order chi connectivity index (χ0) is 29.7. The van der Waals surface area contributed by atoms with Gasteiger partial charge in [0.05, 0.1) is 18.8 Å². The van der Waals surface area contributed by atoms with Gasteiger partial charge in [0.1, 0.15) is 48.8 Å². The van der Waals surface area contributed by atoms with Gasteiger partial charge in [0.2, 0.25) is 6.29 Å². The summed E-state index contributed by atoms with van der Waals surface area (Å²) in [4.78, 5) is 13.2. The Hall–Kier alpha value is -1.23. The molecule has 0 spiro atoms. The molecule has 2 aliphatic carbocycles. The summed E-state index contributed by atoms with van der Waals surface area (Å²) in [5.74, 6) is -0.486. The number of hydrogen-bond acceptors (Lipinski definition) is 13. The highest BCUT2D eigenvalue weighted by Gasteiger charge is 2.53. The van der Waals surface area contributed by atoms with Crippen LogP contribution in [0.2, 0.25) is 0 Å². The lowest BCUT2D eigenvalue weighted by molar-refractivity contribution is -0.330. The molecular formula is C27H44O13. The lowest BCUT2D eigenvalue weighted by Crippen LogP contribution is -2.61. The van der Waals surface area contributed by atoms with Crippen LogP contribution < -0.4 is 0 Å². The molecule has 230 valence electrons. The monoisotopic (exact) mass is 576 g/mol. The van der Waals surface area contributed by atoms with E-state index in [1.54, 1.807) is 6.92 Å². The van der Waals surface area contributed by atoms with Crippen molar-refractivity contribution in [1.29, 1.82) is 0 Å². The average molecular weight is 577 g/mol. The Balaban J connectivity index is 1.53. The molecule has 1 saturated carbocycles. The number of aliphatic hydroxyl groups is 8. The van der Waals surface area contributed by atoms with Gasteiger partial charge in [0.25, 0.3) is 0 Å². The molecular weight excluding hydrogens is 532 g/mol. The van der Waals surface area contributed by atoms with Gasteiger partial charge in [-0.05, 0) is 62.9 Å². The largest absolute Gasteiger partial charge is 0.458 e. The molecule has 0 aromatic carbocycles. The summed E-state index contributed by atoms with van der Waals surface area (Å²) in [7, 11) is 0. The van der Waals surface area contributed by atoms with E-state index in [1.165, 1.54) is 0 Å². The lowest BCUT2D eigenvalue weighted by Gasteiger charge is -2.52. The highest BCUT2D eigenvalue weighted by atomic mass is 16.7. The molecule has 2 aliphatic heterocycles. The zero-order valence-electron chi connectivity index (χ0n) is 23.3. The molecule has 8 N–H and O–H groups in total. The Morgan fingerprint density at radius 3 is 1.95 bits per heavy atom. The van der Waals surface area contributed by atoms with Crippen LogP contribution >= 0.6 is 0 Å². The molecule has 4 aliphatic rings. The SMILES string of the molecule is CC1=C(O[C@@H]2O[C@H](CO)[C@@H](O)[C@H](O)[C@H]2O)C(=O)C[C@]2(C)CC[C@@H](C(C)(C)O[C@@H]3O[C@H](CO)[C@@H](O)[C@H](O)[C@H]3O)C[C@@H]12. The number of ether oxygens (including phenoxy) is 4. The van der Waals surface area contributed by atoms with Crippen LogP contribution in [0.5, 0.6) is 0 Å². The molecule has 0 unspecified atom stereocenters. The number of fused-ring (bicyclic) bond motifs is 1. The summed E-state index contributed by atoms with van der Waals surface area (Å²) in [6, 6.07) is 0. The van der Waals surface area contributed by atoms with Crippen molar-refractivity contribution in [2.75, 3.05) is 13.2 Å². The Morgan fingerprint density at radius 1 is 0.875 bits per heavy atom. The lowest BCUT2D eigenvalue weighted by atomic mass is 9.56. The predicted molar refractivity (Wildman–Crippen MR) is 135 cm³/mol. The number of allylic oxidation sites excluding steroid dienone is 2. The first-order valence-electron chi connectivity index (χ1n) is 13.8. The molecule has 40 heavy (non-hydrogen) atoms. The fourth-order valence-electron chi connectivity index (χ4n) is 6.73. The maximum absolute atomic E-state index is 13.2. The third kappa shape index (κ3) is 5.71. The van der Waals surface area contributed by atoms with Crippen LogP contribution in [-0.4, -0.2) is 127 Å². The molecule has 0 aromatic heterocycles. The van der Waals surface area contributed by atoms with Gasteiger partial charge in [-0.25, -0.2) is 0 Å². The van der Waals surface area contributed by atoms with E-state index in [0.29, 0.717) is 24.8 Å². The second-order valence-electron chi connectivity index (χ2n) is 12.5. The van der Waals surface area contributed by atoms with E-state index in [4.69, 9.17) is 18.9 Å². The Labute approximate surface area is 232 Å². The summed E-state index contributed by atoms with van der Waals surface area (Å²) in [6.07, 6.45) is -12.3. The van der Waals surface area contributed by atoms with Crippen LogP contribution in [0.3, 0.4) is 0 Å². The maximum atomic E-state index is 13.2. The van der Waals surface area contributed by atoms with Crippen molar-refractivity contribution >= 4 is 5.78 Å². The van der Waals surface area contributed by atoms with E-state index in [1.807, 2.05) is 20.8 Å². The number of carbonyl (C=O) groups is 1. The van der Waals surface area contributed by atoms with E-state index in [0.717, 1.165) is 0 Å². The fraction of sp³-hybridized carbons (Fsp3) is 0.889. The first kappa shape index (κ1) is 31.7. The van der Waals surface area contributed by atoms with E-state index in [2.05, 4.69) is 0 Å².